The van der Waals surface area contributed by atoms with Crippen LogP contribution in [-0.4, -0.2) is 35.8 Å². The summed E-state index contributed by atoms with van der Waals surface area (Å²) in [6.45, 7) is 2.50. The predicted molar refractivity (Wildman–Crippen MR) is 78.1 cm³/mol. The fraction of sp³-hybridized carbons (Fsp3) is 0.533. The second-order valence-corrected chi connectivity index (χ2v) is 5.98. The zero-order valence-electron chi connectivity index (χ0n) is 10.9. The number of rotatable bonds is 2. The lowest BCUT2D eigenvalue weighted by Gasteiger charge is -2.32. The van der Waals surface area contributed by atoms with E-state index in [0.717, 1.165) is 49.2 Å². The summed E-state index contributed by atoms with van der Waals surface area (Å²) in [6, 6.07) is 5.83. The Hall–Kier alpha value is -1.03. The summed E-state index contributed by atoms with van der Waals surface area (Å²) in [5, 5.41) is 0.981. The Morgan fingerprint density at radius 3 is 3.21 bits per heavy atom. The van der Waals surface area contributed by atoms with E-state index in [-0.39, 0.29) is 5.91 Å². The first-order valence-corrected chi connectivity index (χ1v) is 8.01. The second-order valence-electron chi connectivity index (χ2n) is 5.33. The molecule has 1 aromatic carbocycles. The number of amides is 1. The van der Waals surface area contributed by atoms with Crippen molar-refractivity contribution >= 4 is 21.8 Å². The molecule has 0 spiro atoms. The number of carbonyl (C=O) groups excluding carboxylic acids is 1. The smallest absolute Gasteiger partial charge is 0.253 e. The van der Waals surface area contributed by atoms with Crippen molar-refractivity contribution in [3.05, 3.63) is 29.3 Å². The van der Waals surface area contributed by atoms with Crippen LogP contribution in [0.5, 0.6) is 5.75 Å². The normalized spacial score (nSPS) is 21.9. The van der Waals surface area contributed by atoms with Gasteiger partial charge in [-0.05, 0) is 42.5 Å². The molecule has 1 unspecified atom stereocenters. The molecule has 19 heavy (non-hydrogen) atoms. The van der Waals surface area contributed by atoms with Crippen LogP contribution in [0.1, 0.15) is 28.8 Å². The second kappa shape index (κ2) is 5.53. The Kier molecular flexibility index (Phi) is 3.78. The van der Waals surface area contributed by atoms with Crippen LogP contribution >= 0.6 is 15.9 Å². The van der Waals surface area contributed by atoms with Gasteiger partial charge in [-0.25, -0.2) is 0 Å². The van der Waals surface area contributed by atoms with Crippen LogP contribution in [0.25, 0.3) is 0 Å². The van der Waals surface area contributed by atoms with E-state index in [9.17, 15) is 4.79 Å². The highest BCUT2D eigenvalue weighted by Crippen LogP contribution is 2.27. The van der Waals surface area contributed by atoms with E-state index in [0.29, 0.717) is 5.92 Å². The van der Waals surface area contributed by atoms with E-state index in [4.69, 9.17) is 4.74 Å². The number of carbonyl (C=O) groups is 1. The third-order valence-corrected chi connectivity index (χ3v) is 4.88. The molecule has 0 N–H and O–H groups in total. The minimum Gasteiger partial charge on any atom is -0.493 e. The first-order chi connectivity index (χ1) is 9.28. The van der Waals surface area contributed by atoms with Gasteiger partial charge in [-0.15, -0.1) is 0 Å². The van der Waals surface area contributed by atoms with Crippen LogP contribution in [-0.2, 0) is 6.42 Å². The van der Waals surface area contributed by atoms with E-state index in [2.05, 4.69) is 15.9 Å². The van der Waals surface area contributed by atoms with Gasteiger partial charge >= 0.3 is 0 Å². The lowest BCUT2D eigenvalue weighted by Crippen LogP contribution is -2.40. The van der Waals surface area contributed by atoms with Gasteiger partial charge in [-0.2, -0.15) is 0 Å². The van der Waals surface area contributed by atoms with Crippen molar-refractivity contribution in [2.45, 2.75) is 19.3 Å². The van der Waals surface area contributed by atoms with Crippen molar-refractivity contribution in [2.24, 2.45) is 5.92 Å². The number of likely N-dealkylation sites (tertiary alicyclic amines) is 1. The van der Waals surface area contributed by atoms with E-state index in [1.54, 1.807) is 0 Å². The van der Waals surface area contributed by atoms with Gasteiger partial charge in [0.2, 0.25) is 0 Å². The molecule has 0 saturated carbocycles. The average Bonchev–Trinajstić information content (AvgIpc) is 2.94. The van der Waals surface area contributed by atoms with E-state index in [1.165, 1.54) is 12.0 Å². The van der Waals surface area contributed by atoms with Crippen LogP contribution in [0, 0.1) is 5.92 Å². The molecule has 0 aromatic heterocycles. The largest absolute Gasteiger partial charge is 0.493 e. The van der Waals surface area contributed by atoms with Crippen LogP contribution in [0.4, 0.5) is 0 Å². The molecule has 2 heterocycles. The Balaban J connectivity index is 1.76. The zero-order valence-corrected chi connectivity index (χ0v) is 12.5. The van der Waals surface area contributed by atoms with Gasteiger partial charge in [-0.3, -0.25) is 4.79 Å². The summed E-state index contributed by atoms with van der Waals surface area (Å²) in [5.41, 5.74) is 1.97. The Labute approximate surface area is 122 Å². The summed E-state index contributed by atoms with van der Waals surface area (Å²) in [4.78, 5) is 14.5. The average molecular weight is 324 g/mol. The van der Waals surface area contributed by atoms with E-state index in [1.807, 2.05) is 23.1 Å². The molecule has 0 bridgehead atoms. The monoisotopic (exact) mass is 323 g/mol. The topological polar surface area (TPSA) is 29.5 Å². The standard InChI is InChI=1S/C15H18BrNO2/c16-9-11-2-1-6-17(10-11)15(18)13-3-4-14-12(8-13)5-7-19-14/h3-4,8,11H,1-2,5-7,9-10H2. The summed E-state index contributed by atoms with van der Waals surface area (Å²) in [6.07, 6.45) is 3.24. The molecule has 2 aliphatic heterocycles. The number of halogens is 1. The first-order valence-electron chi connectivity index (χ1n) is 6.89. The lowest BCUT2D eigenvalue weighted by molar-refractivity contribution is 0.0686. The Morgan fingerprint density at radius 2 is 2.37 bits per heavy atom. The molecule has 3 rings (SSSR count). The summed E-state index contributed by atoms with van der Waals surface area (Å²) >= 11 is 3.53. The molecule has 1 fully saturated rings. The quantitative estimate of drug-likeness (QED) is 0.783. The molecule has 1 amide bonds. The molecule has 102 valence electrons. The number of piperidine rings is 1. The minimum absolute atomic E-state index is 0.167. The third kappa shape index (κ3) is 2.64. The summed E-state index contributed by atoms with van der Waals surface area (Å²) in [5.74, 6) is 1.70. The highest BCUT2D eigenvalue weighted by atomic mass is 79.9. The SMILES string of the molecule is O=C(c1ccc2c(c1)CCO2)N1CCCC(CBr)C1. The van der Waals surface area contributed by atoms with Gasteiger partial charge in [-0.1, -0.05) is 15.9 Å². The van der Waals surface area contributed by atoms with Crippen LogP contribution < -0.4 is 4.74 Å². The lowest BCUT2D eigenvalue weighted by atomic mass is 9.99. The number of hydrogen-bond acceptors (Lipinski definition) is 2. The Morgan fingerprint density at radius 1 is 1.47 bits per heavy atom. The van der Waals surface area contributed by atoms with Gasteiger partial charge in [0.25, 0.3) is 5.91 Å². The minimum atomic E-state index is 0.167. The summed E-state index contributed by atoms with van der Waals surface area (Å²) < 4.78 is 5.48. The predicted octanol–water partition coefficient (Wildman–Crippen LogP) is 2.87. The van der Waals surface area contributed by atoms with E-state index < -0.39 is 0 Å². The van der Waals surface area contributed by atoms with Crippen molar-refractivity contribution in [3.8, 4) is 5.75 Å². The van der Waals surface area contributed by atoms with Gasteiger partial charge in [0, 0.05) is 30.4 Å². The van der Waals surface area contributed by atoms with Gasteiger partial charge in [0.15, 0.2) is 0 Å². The molecule has 0 aliphatic carbocycles. The number of alkyl halides is 1. The number of benzene rings is 1. The zero-order chi connectivity index (χ0) is 13.2. The molecular formula is C15H18BrNO2. The summed E-state index contributed by atoms with van der Waals surface area (Å²) in [7, 11) is 0. The molecule has 1 atom stereocenters. The molecule has 1 saturated heterocycles. The molecule has 1 aromatic rings. The van der Waals surface area contributed by atoms with E-state index >= 15 is 0 Å². The van der Waals surface area contributed by atoms with Crippen molar-refractivity contribution in [1.29, 1.82) is 0 Å². The molecule has 2 aliphatic rings. The number of hydrogen-bond donors (Lipinski definition) is 0. The number of ether oxygens (including phenoxy) is 1. The van der Waals surface area contributed by atoms with Gasteiger partial charge in [0.05, 0.1) is 6.61 Å². The first kappa shape index (κ1) is 13.0. The molecule has 4 heteroatoms. The van der Waals surface area contributed by atoms with Gasteiger partial charge < -0.3 is 9.64 Å². The molecule has 3 nitrogen and oxygen atoms in total. The maximum Gasteiger partial charge on any atom is 0.253 e. The molecule has 0 radical (unpaired) electrons. The fourth-order valence-corrected chi connectivity index (χ4v) is 3.41. The van der Waals surface area contributed by atoms with Crippen molar-refractivity contribution in [2.75, 3.05) is 25.0 Å². The highest BCUT2D eigenvalue weighted by molar-refractivity contribution is 9.09. The van der Waals surface area contributed by atoms with Crippen molar-refractivity contribution < 1.29 is 9.53 Å². The third-order valence-electron chi connectivity index (χ3n) is 3.96. The Bertz CT molecular complexity index is 489. The van der Waals surface area contributed by atoms with Crippen molar-refractivity contribution in [1.82, 2.24) is 4.90 Å². The van der Waals surface area contributed by atoms with Crippen LogP contribution in [0.3, 0.4) is 0 Å². The van der Waals surface area contributed by atoms with Crippen LogP contribution in [0.2, 0.25) is 0 Å². The van der Waals surface area contributed by atoms with Gasteiger partial charge in [0.1, 0.15) is 5.75 Å². The van der Waals surface area contributed by atoms with Crippen LogP contribution in [0.15, 0.2) is 18.2 Å². The fourth-order valence-electron chi connectivity index (χ4n) is 2.88. The van der Waals surface area contributed by atoms with Crippen molar-refractivity contribution in [3.63, 3.8) is 0 Å². The highest BCUT2D eigenvalue weighted by Gasteiger charge is 2.24. The number of nitrogens with zero attached hydrogens (tertiary/aromatic N) is 1. The maximum absolute atomic E-state index is 12.5. The molecular weight excluding hydrogens is 306 g/mol. The maximum atomic E-state index is 12.5. The number of fused-ring (bicyclic) bond motifs is 1.